The van der Waals surface area contributed by atoms with Crippen LogP contribution in [0.25, 0.3) is 11.0 Å². The summed E-state index contributed by atoms with van der Waals surface area (Å²) in [6, 6.07) is 10.2. The number of alkyl carbamates (subject to hydrolysis) is 1. The van der Waals surface area contributed by atoms with E-state index >= 15 is 0 Å². The lowest BCUT2D eigenvalue weighted by molar-refractivity contribution is -0.113. The molecule has 1 aliphatic carbocycles. The third-order valence-corrected chi connectivity index (χ3v) is 8.56. The van der Waals surface area contributed by atoms with Crippen LogP contribution in [0, 0.1) is 5.92 Å². The normalized spacial score (nSPS) is 19.7. The maximum Gasteiger partial charge on any atom is 0.407 e. The van der Waals surface area contributed by atoms with E-state index in [9.17, 15) is 9.59 Å². The smallest absolute Gasteiger partial charge is 0.407 e. The first-order chi connectivity index (χ1) is 19.7. The van der Waals surface area contributed by atoms with Crippen LogP contribution in [0.1, 0.15) is 63.6 Å². The molecular weight excluding hydrogens is 540 g/mol. The molecule has 3 aromatic rings. The quantitative estimate of drug-likeness (QED) is 0.337. The third kappa shape index (κ3) is 7.45. The largest absolute Gasteiger partial charge is 0.481 e. The van der Waals surface area contributed by atoms with Gasteiger partial charge in [-0.2, -0.15) is 0 Å². The molecule has 2 aliphatic rings. The van der Waals surface area contributed by atoms with E-state index < -0.39 is 11.7 Å². The number of amides is 2. The summed E-state index contributed by atoms with van der Waals surface area (Å²) in [6.07, 6.45) is 5.39. The van der Waals surface area contributed by atoms with E-state index in [2.05, 4.69) is 25.9 Å². The van der Waals surface area contributed by atoms with Crippen molar-refractivity contribution in [2.75, 3.05) is 24.7 Å². The second-order valence-electron chi connectivity index (χ2n) is 11.6. The van der Waals surface area contributed by atoms with Crippen LogP contribution in [0.5, 0.6) is 5.88 Å². The number of nitrogens with one attached hydrogen (secondary N) is 3. The lowest BCUT2D eigenvalue weighted by atomic mass is 9.75. The Kier molecular flexibility index (Phi) is 8.94. The Bertz CT molecular complexity index is 1400. The van der Waals surface area contributed by atoms with E-state index in [1.807, 2.05) is 57.3 Å². The third-order valence-electron chi connectivity index (χ3n) is 7.51. The Morgan fingerprint density at radius 3 is 2.68 bits per heavy atom. The first kappa shape index (κ1) is 29.1. The standard InChI is InChI=1S/C30H38N6O4S/c1-30(2,3)40-29(38)33-16-22(21-13-14-31-23-10-12-26(39-4)36-27(21)23)18-5-7-19(8-6-18)32-15-20-9-11-24-28(34-20)35-25(37)17-41-24/h9-14,18-19,22,32H,5-8,15-17H2,1-4H3,(H,33,38)(H,34,35,37). The number of pyridine rings is 3. The first-order valence-electron chi connectivity index (χ1n) is 14.1. The molecule has 0 aromatic carbocycles. The number of hydrogen-bond donors (Lipinski definition) is 3. The zero-order chi connectivity index (χ0) is 29.0. The van der Waals surface area contributed by atoms with Crippen molar-refractivity contribution >= 4 is 40.6 Å². The SMILES string of the molecule is COc1ccc2nccc(C(CNC(=O)OC(C)(C)C)C3CCC(NCc4ccc5c(n4)NC(=O)CS5)CC3)c2n1. The number of aromatic nitrogens is 3. The van der Waals surface area contributed by atoms with Crippen molar-refractivity contribution in [1.82, 2.24) is 25.6 Å². The summed E-state index contributed by atoms with van der Waals surface area (Å²) in [7, 11) is 1.61. The number of nitrogens with zero attached hydrogens (tertiary/aromatic N) is 3. The van der Waals surface area contributed by atoms with Gasteiger partial charge in [0.2, 0.25) is 11.8 Å². The molecule has 5 rings (SSSR count). The molecule has 1 saturated carbocycles. The van der Waals surface area contributed by atoms with Crippen molar-refractivity contribution in [1.29, 1.82) is 0 Å². The summed E-state index contributed by atoms with van der Waals surface area (Å²) < 4.78 is 10.9. The van der Waals surface area contributed by atoms with Gasteiger partial charge in [-0.25, -0.2) is 14.8 Å². The van der Waals surface area contributed by atoms with Gasteiger partial charge in [0.05, 0.1) is 34.5 Å². The van der Waals surface area contributed by atoms with Crippen molar-refractivity contribution in [2.45, 2.75) is 75.5 Å². The monoisotopic (exact) mass is 578 g/mol. The van der Waals surface area contributed by atoms with Crippen LogP contribution in [0.2, 0.25) is 0 Å². The summed E-state index contributed by atoms with van der Waals surface area (Å²) in [4.78, 5) is 39.3. The molecule has 2 amide bonds. The summed E-state index contributed by atoms with van der Waals surface area (Å²) >= 11 is 1.52. The van der Waals surface area contributed by atoms with Crippen LogP contribution in [0.4, 0.5) is 10.6 Å². The molecule has 10 nitrogen and oxygen atoms in total. The van der Waals surface area contributed by atoms with Gasteiger partial charge in [-0.05, 0) is 82.2 Å². The average molecular weight is 579 g/mol. The molecule has 41 heavy (non-hydrogen) atoms. The molecule has 1 aliphatic heterocycles. The summed E-state index contributed by atoms with van der Waals surface area (Å²) in [5, 5.41) is 9.55. The summed E-state index contributed by atoms with van der Waals surface area (Å²) in [5.74, 6) is 2.00. The van der Waals surface area contributed by atoms with Gasteiger partial charge in [0.1, 0.15) is 11.4 Å². The number of thioether (sulfide) groups is 1. The lowest BCUT2D eigenvalue weighted by Gasteiger charge is -2.35. The van der Waals surface area contributed by atoms with Gasteiger partial charge < -0.3 is 25.4 Å². The number of methoxy groups -OCH3 is 1. The van der Waals surface area contributed by atoms with Crippen LogP contribution >= 0.6 is 11.8 Å². The first-order valence-corrected chi connectivity index (χ1v) is 15.1. The maximum absolute atomic E-state index is 12.6. The molecule has 0 spiro atoms. The minimum Gasteiger partial charge on any atom is -0.481 e. The minimum absolute atomic E-state index is 0.00948. The number of ether oxygens (including phenoxy) is 2. The number of fused-ring (bicyclic) bond motifs is 2. The topological polar surface area (TPSA) is 127 Å². The van der Waals surface area contributed by atoms with E-state index in [1.165, 1.54) is 11.8 Å². The summed E-state index contributed by atoms with van der Waals surface area (Å²) in [6.45, 7) is 6.67. The number of hydrogen-bond acceptors (Lipinski definition) is 9. The van der Waals surface area contributed by atoms with Crippen molar-refractivity contribution < 1.29 is 19.1 Å². The predicted octanol–water partition coefficient (Wildman–Crippen LogP) is 5.03. The molecule has 3 aromatic heterocycles. The Balaban J connectivity index is 1.27. The number of carbonyl (C=O) groups is 2. The molecule has 0 saturated heterocycles. The van der Waals surface area contributed by atoms with Crippen LogP contribution in [0.15, 0.2) is 41.4 Å². The van der Waals surface area contributed by atoms with E-state index in [0.717, 1.165) is 52.9 Å². The Morgan fingerprint density at radius 1 is 1.12 bits per heavy atom. The highest BCUT2D eigenvalue weighted by Gasteiger charge is 2.31. The van der Waals surface area contributed by atoms with Gasteiger partial charge in [0.25, 0.3) is 0 Å². The zero-order valence-electron chi connectivity index (χ0n) is 24.0. The molecule has 1 fully saturated rings. The fraction of sp³-hybridized carbons (Fsp3) is 0.500. The molecular formula is C30H38N6O4S. The fourth-order valence-electron chi connectivity index (χ4n) is 5.56. The van der Waals surface area contributed by atoms with Gasteiger partial charge >= 0.3 is 6.09 Å². The number of rotatable bonds is 8. The molecule has 0 radical (unpaired) electrons. The Morgan fingerprint density at radius 2 is 1.93 bits per heavy atom. The highest BCUT2D eigenvalue weighted by molar-refractivity contribution is 8.00. The second kappa shape index (κ2) is 12.6. The van der Waals surface area contributed by atoms with Crippen LogP contribution in [0.3, 0.4) is 0 Å². The predicted molar refractivity (Wildman–Crippen MR) is 159 cm³/mol. The van der Waals surface area contributed by atoms with Gasteiger partial charge in [-0.15, -0.1) is 11.8 Å². The van der Waals surface area contributed by atoms with E-state index in [0.29, 0.717) is 42.5 Å². The highest BCUT2D eigenvalue weighted by Crippen LogP contribution is 2.38. The van der Waals surface area contributed by atoms with Crippen molar-refractivity contribution in [3.63, 3.8) is 0 Å². The van der Waals surface area contributed by atoms with Crippen LogP contribution < -0.4 is 20.7 Å². The van der Waals surface area contributed by atoms with E-state index in [4.69, 9.17) is 14.5 Å². The molecule has 1 atom stereocenters. The van der Waals surface area contributed by atoms with Gasteiger partial charge in [-0.1, -0.05) is 0 Å². The van der Waals surface area contributed by atoms with Crippen molar-refractivity contribution in [3.8, 4) is 5.88 Å². The summed E-state index contributed by atoms with van der Waals surface area (Å²) in [5.41, 5.74) is 3.00. The second-order valence-corrected chi connectivity index (χ2v) is 12.6. The van der Waals surface area contributed by atoms with E-state index in [-0.39, 0.29) is 11.8 Å². The van der Waals surface area contributed by atoms with Crippen LogP contribution in [-0.4, -0.2) is 58.0 Å². The molecule has 1 unspecified atom stereocenters. The Hall–Kier alpha value is -3.44. The van der Waals surface area contributed by atoms with Gasteiger partial charge in [-0.3, -0.25) is 9.78 Å². The fourth-order valence-corrected chi connectivity index (χ4v) is 6.31. The zero-order valence-corrected chi connectivity index (χ0v) is 24.8. The van der Waals surface area contributed by atoms with Crippen molar-refractivity contribution in [2.24, 2.45) is 5.92 Å². The molecule has 11 heteroatoms. The molecule has 0 bridgehead atoms. The van der Waals surface area contributed by atoms with Gasteiger partial charge in [0, 0.05) is 37.3 Å². The number of anilines is 1. The molecule has 4 heterocycles. The lowest BCUT2D eigenvalue weighted by Crippen LogP contribution is -2.39. The maximum atomic E-state index is 12.6. The number of carbonyl (C=O) groups excluding carboxylic acids is 2. The molecule has 218 valence electrons. The molecule has 3 N–H and O–H groups in total. The Labute approximate surface area is 244 Å². The minimum atomic E-state index is -0.571. The van der Waals surface area contributed by atoms with Crippen molar-refractivity contribution in [3.05, 3.63) is 47.8 Å². The van der Waals surface area contributed by atoms with Crippen LogP contribution in [-0.2, 0) is 16.1 Å². The highest BCUT2D eigenvalue weighted by atomic mass is 32.2. The van der Waals surface area contributed by atoms with E-state index in [1.54, 1.807) is 7.11 Å². The van der Waals surface area contributed by atoms with Gasteiger partial charge in [0.15, 0.2) is 0 Å². The average Bonchev–Trinajstić information content (AvgIpc) is 2.95.